The predicted octanol–water partition coefficient (Wildman–Crippen LogP) is 2.95. The van der Waals surface area contributed by atoms with Gasteiger partial charge in [-0.05, 0) is 13.3 Å². The van der Waals surface area contributed by atoms with E-state index in [1.165, 1.54) is 77.0 Å². The average molecular weight is 359 g/mol. The molecule has 0 atom stereocenters. The Morgan fingerprint density at radius 1 is 0.652 bits per heavy atom. The Bertz CT molecular complexity index is 324. The van der Waals surface area contributed by atoms with Crippen LogP contribution in [0.25, 0.3) is 0 Å². The second-order valence-corrected chi connectivity index (χ2v) is 8.19. The van der Waals surface area contributed by atoms with Crippen LogP contribution in [0.3, 0.4) is 0 Å². The van der Waals surface area contributed by atoms with E-state index in [0.717, 1.165) is 12.8 Å². The zero-order valence-corrected chi connectivity index (χ0v) is 18.8. The number of hydrogen-bond acceptors (Lipinski definition) is 3. The number of rotatable bonds is 17. The summed E-state index contributed by atoms with van der Waals surface area (Å²) >= 11 is 0. The summed E-state index contributed by atoms with van der Waals surface area (Å²) in [6.45, 7) is 4.23. The maximum absolute atomic E-state index is 11.1. The van der Waals surface area contributed by atoms with Gasteiger partial charge in [-0.15, -0.1) is 0 Å². The van der Waals surface area contributed by atoms with Gasteiger partial charge >= 0.3 is 29.6 Å². The minimum atomic E-state index is -3.24. The summed E-state index contributed by atoms with van der Waals surface area (Å²) in [6.07, 6.45) is 18.3. The standard InChI is InChI=1S/C18H38O3S.Na.H/c1-3-5-6-7-8-9-10-11-12-13-14-15-16-17-18-21-22(19,20)4-2;;/h3-18H2,1-2H3;;/q;+1;-1. The molecule has 136 valence electrons. The third-order valence-corrected chi connectivity index (χ3v) is 5.35. The summed E-state index contributed by atoms with van der Waals surface area (Å²) in [4.78, 5) is 0. The Kier molecular flexibility index (Phi) is 21.9. The van der Waals surface area contributed by atoms with Gasteiger partial charge in [-0.3, -0.25) is 4.18 Å². The molecule has 0 heterocycles. The van der Waals surface area contributed by atoms with Gasteiger partial charge in [-0.25, -0.2) is 0 Å². The Morgan fingerprint density at radius 2 is 1.00 bits per heavy atom. The van der Waals surface area contributed by atoms with Crippen LogP contribution in [0, 0.1) is 0 Å². The van der Waals surface area contributed by atoms with Gasteiger partial charge in [0.15, 0.2) is 0 Å². The van der Waals surface area contributed by atoms with E-state index in [-0.39, 0.29) is 36.7 Å². The van der Waals surface area contributed by atoms with Gasteiger partial charge < -0.3 is 1.43 Å². The molecule has 0 saturated carbocycles. The van der Waals surface area contributed by atoms with Gasteiger partial charge in [-0.2, -0.15) is 8.42 Å². The van der Waals surface area contributed by atoms with Crippen LogP contribution in [-0.4, -0.2) is 20.8 Å². The van der Waals surface area contributed by atoms with Crippen molar-refractivity contribution in [3.8, 4) is 0 Å². The molecule has 0 aromatic carbocycles. The van der Waals surface area contributed by atoms with E-state index in [2.05, 4.69) is 6.92 Å². The third kappa shape index (κ3) is 20.9. The molecule has 0 aliphatic carbocycles. The van der Waals surface area contributed by atoms with Crippen molar-refractivity contribution >= 4 is 10.1 Å². The smallest absolute Gasteiger partial charge is 1.00 e. The van der Waals surface area contributed by atoms with Crippen molar-refractivity contribution in [3.63, 3.8) is 0 Å². The fraction of sp³-hybridized carbons (Fsp3) is 1.00. The molecule has 3 nitrogen and oxygen atoms in total. The van der Waals surface area contributed by atoms with Crippen molar-refractivity contribution in [2.75, 3.05) is 12.4 Å². The molecule has 0 spiro atoms. The van der Waals surface area contributed by atoms with Gasteiger partial charge in [0, 0.05) is 0 Å². The van der Waals surface area contributed by atoms with E-state index < -0.39 is 10.1 Å². The molecule has 0 aliphatic rings. The third-order valence-electron chi connectivity index (χ3n) is 4.11. The van der Waals surface area contributed by atoms with Gasteiger partial charge in [0.1, 0.15) is 0 Å². The fourth-order valence-electron chi connectivity index (χ4n) is 2.57. The van der Waals surface area contributed by atoms with E-state index in [9.17, 15) is 8.42 Å². The largest absolute Gasteiger partial charge is 1.00 e. The first-order valence-electron chi connectivity index (χ1n) is 9.49. The predicted molar refractivity (Wildman–Crippen MR) is 96.8 cm³/mol. The maximum atomic E-state index is 11.1. The first kappa shape index (κ1) is 26.1. The van der Waals surface area contributed by atoms with Crippen LogP contribution in [0.5, 0.6) is 0 Å². The van der Waals surface area contributed by atoms with E-state index >= 15 is 0 Å². The molecule has 0 fully saturated rings. The van der Waals surface area contributed by atoms with Gasteiger partial charge in [0.25, 0.3) is 10.1 Å². The molecule has 0 aliphatic heterocycles. The van der Waals surface area contributed by atoms with Crippen LogP contribution >= 0.6 is 0 Å². The summed E-state index contributed by atoms with van der Waals surface area (Å²) in [6, 6.07) is 0. The van der Waals surface area contributed by atoms with E-state index in [4.69, 9.17) is 4.18 Å². The summed E-state index contributed by atoms with van der Waals surface area (Å²) in [5, 5.41) is 0. The molecular weight excluding hydrogens is 319 g/mol. The van der Waals surface area contributed by atoms with E-state index in [1.807, 2.05) is 0 Å². The molecule has 0 saturated heterocycles. The van der Waals surface area contributed by atoms with Crippen LogP contribution in [0.4, 0.5) is 0 Å². The van der Waals surface area contributed by atoms with Crippen LogP contribution in [0.1, 0.15) is 105 Å². The molecule has 5 heteroatoms. The molecule has 0 bridgehead atoms. The Balaban J connectivity index is -0.00000220. The summed E-state index contributed by atoms with van der Waals surface area (Å²) < 4.78 is 27.1. The van der Waals surface area contributed by atoms with Crippen LogP contribution in [0.2, 0.25) is 0 Å². The van der Waals surface area contributed by atoms with Crippen LogP contribution < -0.4 is 29.6 Å². The maximum Gasteiger partial charge on any atom is 1.00 e. The fourth-order valence-corrected chi connectivity index (χ4v) is 3.10. The molecule has 0 rings (SSSR count). The molecule has 0 N–H and O–H groups in total. The van der Waals surface area contributed by atoms with Crippen molar-refractivity contribution in [1.82, 2.24) is 0 Å². The molecule has 0 unspecified atom stereocenters. The van der Waals surface area contributed by atoms with Crippen molar-refractivity contribution < 1.29 is 43.6 Å². The first-order valence-corrected chi connectivity index (χ1v) is 11.1. The second kappa shape index (κ2) is 19.2. The number of unbranched alkanes of at least 4 members (excludes halogenated alkanes) is 13. The molecule has 0 radical (unpaired) electrons. The SMILES string of the molecule is CCCCCCCCCCCCCCCCOS(=O)(=O)CC.[H-].[Na+]. The minimum Gasteiger partial charge on any atom is -1.00 e. The summed E-state index contributed by atoms with van der Waals surface area (Å²) in [5.41, 5.74) is 0. The first-order chi connectivity index (χ1) is 10.6. The van der Waals surface area contributed by atoms with Crippen LogP contribution in [-0.2, 0) is 14.3 Å². The molecule has 0 amide bonds. The van der Waals surface area contributed by atoms with Crippen molar-refractivity contribution in [2.24, 2.45) is 0 Å². The molecule has 23 heavy (non-hydrogen) atoms. The zero-order valence-electron chi connectivity index (χ0n) is 16.9. The van der Waals surface area contributed by atoms with Gasteiger partial charge in [0.05, 0.1) is 12.4 Å². The Labute approximate surface area is 169 Å². The van der Waals surface area contributed by atoms with Crippen LogP contribution in [0.15, 0.2) is 0 Å². The van der Waals surface area contributed by atoms with Crippen molar-refractivity contribution in [1.29, 1.82) is 0 Å². The molecule has 0 aromatic rings. The average Bonchev–Trinajstić information content (AvgIpc) is 2.51. The van der Waals surface area contributed by atoms with E-state index in [1.54, 1.807) is 6.92 Å². The zero-order chi connectivity index (χ0) is 16.5. The monoisotopic (exact) mass is 358 g/mol. The molecule has 0 aromatic heterocycles. The van der Waals surface area contributed by atoms with Gasteiger partial charge in [0.2, 0.25) is 0 Å². The topological polar surface area (TPSA) is 43.4 Å². The minimum absolute atomic E-state index is 0. The quantitative estimate of drug-likeness (QED) is 0.228. The van der Waals surface area contributed by atoms with Crippen molar-refractivity contribution in [2.45, 2.75) is 104 Å². The Hall–Kier alpha value is 0.910. The second-order valence-electron chi connectivity index (χ2n) is 6.26. The van der Waals surface area contributed by atoms with Gasteiger partial charge in [-0.1, -0.05) is 90.4 Å². The van der Waals surface area contributed by atoms with E-state index in [0.29, 0.717) is 6.61 Å². The normalized spacial score (nSPS) is 11.4. The molecular formula is C18H39NaO3S. The Morgan fingerprint density at radius 3 is 1.35 bits per heavy atom. The summed E-state index contributed by atoms with van der Waals surface area (Å²) in [5.74, 6) is 0.0750. The van der Waals surface area contributed by atoms with Crippen molar-refractivity contribution in [3.05, 3.63) is 0 Å². The summed E-state index contributed by atoms with van der Waals surface area (Å²) in [7, 11) is -3.24. The number of hydrogen-bond donors (Lipinski definition) is 0.